The molecule has 16 heavy (non-hydrogen) atoms. The Hall–Kier alpha value is -1.64. The summed E-state index contributed by atoms with van der Waals surface area (Å²) < 4.78 is 63.3. The zero-order valence-electron chi connectivity index (χ0n) is 8.12. The van der Waals surface area contributed by atoms with Gasteiger partial charge in [0.1, 0.15) is 0 Å². The second-order valence-electron chi connectivity index (χ2n) is 3.19. The Bertz CT molecular complexity index is 456. The third-order valence-corrected chi connectivity index (χ3v) is 2.03. The molecule has 0 N–H and O–H groups in total. The van der Waals surface area contributed by atoms with E-state index in [-0.39, 0.29) is 5.56 Å². The first-order valence-corrected chi connectivity index (χ1v) is 4.20. The molecule has 0 fully saturated rings. The van der Waals surface area contributed by atoms with Crippen molar-refractivity contribution in [3.05, 3.63) is 34.4 Å². The van der Waals surface area contributed by atoms with Crippen LogP contribution in [-0.2, 0) is 12.6 Å². The summed E-state index contributed by atoms with van der Waals surface area (Å²) in [6.45, 7) is 1.02. The van der Waals surface area contributed by atoms with E-state index >= 15 is 0 Å². The van der Waals surface area contributed by atoms with E-state index in [2.05, 4.69) is 0 Å². The highest BCUT2D eigenvalue weighted by atomic mass is 19.4. The van der Waals surface area contributed by atoms with Crippen LogP contribution in [0.4, 0.5) is 22.0 Å². The molecule has 6 heteroatoms. The van der Waals surface area contributed by atoms with Gasteiger partial charge in [0.2, 0.25) is 0 Å². The van der Waals surface area contributed by atoms with Gasteiger partial charge in [-0.05, 0) is 12.5 Å². The van der Waals surface area contributed by atoms with Gasteiger partial charge in [0, 0.05) is 5.56 Å². The fourth-order valence-corrected chi connectivity index (χ4v) is 1.38. The summed E-state index contributed by atoms with van der Waals surface area (Å²) in [5.41, 5.74) is -2.42. The van der Waals surface area contributed by atoms with Crippen LogP contribution in [0.3, 0.4) is 0 Å². The first-order valence-electron chi connectivity index (χ1n) is 4.20. The molecule has 1 aromatic rings. The lowest BCUT2D eigenvalue weighted by molar-refractivity contribution is -0.140. The van der Waals surface area contributed by atoms with Crippen molar-refractivity contribution in [1.29, 1.82) is 5.26 Å². The molecule has 0 aliphatic heterocycles. The Morgan fingerprint density at radius 2 is 1.81 bits per heavy atom. The highest BCUT2D eigenvalue weighted by Crippen LogP contribution is 2.35. The average molecular weight is 235 g/mol. The van der Waals surface area contributed by atoms with Crippen molar-refractivity contribution in [3.63, 3.8) is 0 Å². The average Bonchev–Trinajstić information content (AvgIpc) is 2.12. The van der Waals surface area contributed by atoms with E-state index in [4.69, 9.17) is 5.26 Å². The zero-order chi connectivity index (χ0) is 12.5. The molecule has 0 saturated heterocycles. The van der Waals surface area contributed by atoms with Crippen LogP contribution in [0.15, 0.2) is 6.07 Å². The van der Waals surface area contributed by atoms with Crippen molar-refractivity contribution in [2.45, 2.75) is 19.5 Å². The second kappa shape index (κ2) is 4.08. The molecule has 0 unspecified atom stereocenters. The fraction of sp³-hybridized carbons (Fsp3) is 0.300. The van der Waals surface area contributed by atoms with Crippen LogP contribution in [0.2, 0.25) is 0 Å². The molecular weight excluding hydrogens is 229 g/mol. The number of benzene rings is 1. The molecule has 0 radical (unpaired) electrons. The number of alkyl halides is 3. The van der Waals surface area contributed by atoms with Crippen molar-refractivity contribution in [3.8, 4) is 6.07 Å². The molecule has 86 valence electrons. The molecule has 0 aliphatic carbocycles. The van der Waals surface area contributed by atoms with Crippen molar-refractivity contribution < 1.29 is 22.0 Å². The normalized spacial score (nSPS) is 11.3. The lowest BCUT2D eigenvalue weighted by Gasteiger charge is -2.13. The largest absolute Gasteiger partial charge is 0.419 e. The number of halogens is 5. The Balaban J connectivity index is 3.48. The molecule has 1 nitrogen and oxygen atoms in total. The minimum Gasteiger partial charge on any atom is -0.203 e. The predicted octanol–water partition coefficient (Wildman–Crippen LogP) is 3.36. The standard InChI is InChI=1S/C10H6F5N/c1-5-4-6(2-3-16)8(11)9(12)7(5)10(13,14)15/h4H,2H2,1H3. The van der Waals surface area contributed by atoms with Gasteiger partial charge in [0.25, 0.3) is 0 Å². The lowest BCUT2D eigenvalue weighted by Crippen LogP contribution is -2.13. The molecule has 0 saturated carbocycles. The monoisotopic (exact) mass is 235 g/mol. The quantitative estimate of drug-likeness (QED) is 0.684. The number of aryl methyl sites for hydroxylation is 1. The Morgan fingerprint density at radius 3 is 2.25 bits per heavy atom. The predicted molar refractivity (Wildman–Crippen MR) is 45.4 cm³/mol. The number of rotatable bonds is 1. The number of hydrogen-bond acceptors (Lipinski definition) is 1. The van der Waals surface area contributed by atoms with Gasteiger partial charge in [0.05, 0.1) is 18.1 Å². The van der Waals surface area contributed by atoms with Gasteiger partial charge < -0.3 is 0 Å². The van der Waals surface area contributed by atoms with Gasteiger partial charge in [-0.1, -0.05) is 6.07 Å². The van der Waals surface area contributed by atoms with E-state index in [9.17, 15) is 22.0 Å². The number of nitrogens with zero attached hydrogens (tertiary/aromatic N) is 1. The topological polar surface area (TPSA) is 23.8 Å². The van der Waals surface area contributed by atoms with E-state index in [1.165, 1.54) is 0 Å². The number of hydrogen-bond donors (Lipinski definition) is 0. The van der Waals surface area contributed by atoms with Gasteiger partial charge in [0.15, 0.2) is 11.6 Å². The first kappa shape index (κ1) is 12.4. The van der Waals surface area contributed by atoms with E-state index in [0.717, 1.165) is 13.0 Å². The smallest absolute Gasteiger partial charge is 0.203 e. The van der Waals surface area contributed by atoms with Crippen LogP contribution in [-0.4, -0.2) is 0 Å². The third kappa shape index (κ3) is 2.13. The molecule has 0 aromatic heterocycles. The van der Waals surface area contributed by atoms with Gasteiger partial charge in [-0.25, -0.2) is 8.78 Å². The van der Waals surface area contributed by atoms with Crippen LogP contribution >= 0.6 is 0 Å². The summed E-state index contributed by atoms with van der Waals surface area (Å²) in [4.78, 5) is 0. The maximum absolute atomic E-state index is 13.1. The van der Waals surface area contributed by atoms with Gasteiger partial charge in [-0.3, -0.25) is 0 Å². The fourth-order valence-electron chi connectivity index (χ4n) is 1.38. The Kier molecular flexibility index (Phi) is 3.17. The summed E-state index contributed by atoms with van der Waals surface area (Å²) in [6, 6.07) is 2.39. The van der Waals surface area contributed by atoms with Crippen molar-refractivity contribution in [1.82, 2.24) is 0 Å². The lowest BCUT2D eigenvalue weighted by atomic mass is 10.0. The molecule has 0 aliphatic rings. The van der Waals surface area contributed by atoms with Crippen LogP contribution in [0, 0.1) is 29.9 Å². The molecule has 0 atom stereocenters. The van der Waals surface area contributed by atoms with Crippen molar-refractivity contribution >= 4 is 0 Å². The van der Waals surface area contributed by atoms with Gasteiger partial charge in [-0.2, -0.15) is 18.4 Å². The van der Waals surface area contributed by atoms with E-state index in [0.29, 0.717) is 0 Å². The van der Waals surface area contributed by atoms with Crippen LogP contribution in [0.25, 0.3) is 0 Å². The summed E-state index contributed by atoms with van der Waals surface area (Å²) in [6.07, 6.45) is -5.41. The summed E-state index contributed by atoms with van der Waals surface area (Å²) in [5.74, 6) is -3.56. The Morgan fingerprint density at radius 1 is 1.25 bits per heavy atom. The molecule has 1 aromatic carbocycles. The highest BCUT2D eigenvalue weighted by Gasteiger charge is 2.37. The Labute approximate surface area is 88.1 Å². The van der Waals surface area contributed by atoms with Crippen LogP contribution < -0.4 is 0 Å². The maximum Gasteiger partial charge on any atom is 0.419 e. The van der Waals surface area contributed by atoms with E-state index in [1.807, 2.05) is 0 Å². The molecule has 0 amide bonds. The van der Waals surface area contributed by atoms with E-state index < -0.39 is 35.4 Å². The summed E-state index contributed by atoms with van der Waals surface area (Å²) in [5, 5.41) is 8.29. The van der Waals surface area contributed by atoms with E-state index in [1.54, 1.807) is 6.07 Å². The van der Waals surface area contributed by atoms with Gasteiger partial charge in [-0.15, -0.1) is 0 Å². The van der Waals surface area contributed by atoms with Crippen molar-refractivity contribution in [2.24, 2.45) is 0 Å². The molecule has 0 heterocycles. The molecular formula is C10H6F5N. The minimum absolute atomic E-state index is 0.370. The maximum atomic E-state index is 13.1. The second-order valence-corrected chi connectivity index (χ2v) is 3.19. The van der Waals surface area contributed by atoms with Crippen molar-refractivity contribution in [2.75, 3.05) is 0 Å². The number of nitriles is 1. The summed E-state index contributed by atoms with van der Waals surface area (Å²) >= 11 is 0. The molecule has 1 rings (SSSR count). The van der Waals surface area contributed by atoms with Crippen LogP contribution in [0.5, 0.6) is 0 Å². The van der Waals surface area contributed by atoms with Gasteiger partial charge >= 0.3 is 6.18 Å². The highest BCUT2D eigenvalue weighted by molar-refractivity contribution is 5.36. The third-order valence-electron chi connectivity index (χ3n) is 2.03. The molecule has 0 bridgehead atoms. The first-order chi connectivity index (χ1) is 7.29. The minimum atomic E-state index is -4.94. The van der Waals surface area contributed by atoms with Crippen LogP contribution in [0.1, 0.15) is 16.7 Å². The SMILES string of the molecule is Cc1cc(CC#N)c(F)c(F)c1C(F)(F)F. The zero-order valence-corrected chi connectivity index (χ0v) is 8.12. The molecule has 0 spiro atoms. The summed E-state index contributed by atoms with van der Waals surface area (Å²) in [7, 11) is 0.